The molecule has 1 saturated heterocycles. The second-order valence-corrected chi connectivity index (χ2v) is 4.22. The molecule has 1 aliphatic rings. The minimum Gasteiger partial charge on any atom is -0.337 e. The molecule has 1 amide bonds. The van der Waals surface area contributed by atoms with E-state index in [0.29, 0.717) is 19.5 Å². The van der Waals surface area contributed by atoms with Crippen molar-refractivity contribution in [2.75, 3.05) is 13.1 Å². The van der Waals surface area contributed by atoms with Gasteiger partial charge in [-0.05, 0) is 18.6 Å². The third kappa shape index (κ3) is 2.30. The molecule has 18 heavy (non-hydrogen) atoms. The molecular formula is C11H12FN3O3. The maximum absolute atomic E-state index is 13.0. The van der Waals surface area contributed by atoms with Gasteiger partial charge in [0.2, 0.25) is 0 Å². The predicted molar refractivity (Wildman–Crippen MR) is 61.6 cm³/mol. The van der Waals surface area contributed by atoms with E-state index in [1.165, 1.54) is 4.90 Å². The van der Waals surface area contributed by atoms with Crippen LogP contribution in [0.2, 0.25) is 0 Å². The van der Waals surface area contributed by atoms with Crippen molar-refractivity contribution < 1.29 is 14.1 Å². The van der Waals surface area contributed by atoms with Crippen molar-refractivity contribution in [1.29, 1.82) is 0 Å². The molecule has 0 aliphatic carbocycles. The summed E-state index contributed by atoms with van der Waals surface area (Å²) in [4.78, 5) is 23.6. The zero-order valence-electron chi connectivity index (χ0n) is 9.51. The van der Waals surface area contributed by atoms with Gasteiger partial charge in [-0.25, -0.2) is 4.39 Å². The summed E-state index contributed by atoms with van der Waals surface area (Å²) >= 11 is 0. The van der Waals surface area contributed by atoms with E-state index < -0.39 is 22.3 Å². The molecule has 0 aromatic heterocycles. The highest BCUT2D eigenvalue weighted by Crippen LogP contribution is 2.23. The largest absolute Gasteiger partial charge is 0.337 e. The molecule has 1 atom stereocenters. The Labute approximate surface area is 102 Å². The van der Waals surface area contributed by atoms with Crippen LogP contribution in [-0.4, -0.2) is 34.9 Å². The van der Waals surface area contributed by atoms with Crippen LogP contribution in [0.15, 0.2) is 18.2 Å². The number of nitrogens with two attached hydrogens (primary N) is 1. The molecule has 0 unspecified atom stereocenters. The van der Waals surface area contributed by atoms with Crippen LogP contribution in [0.4, 0.5) is 10.1 Å². The van der Waals surface area contributed by atoms with E-state index in [4.69, 9.17) is 5.73 Å². The average Bonchev–Trinajstić information content (AvgIpc) is 2.75. The summed E-state index contributed by atoms with van der Waals surface area (Å²) in [5.41, 5.74) is 5.06. The van der Waals surface area contributed by atoms with Crippen molar-refractivity contribution in [2.45, 2.75) is 12.5 Å². The van der Waals surface area contributed by atoms with Crippen molar-refractivity contribution >= 4 is 11.6 Å². The van der Waals surface area contributed by atoms with Crippen molar-refractivity contribution in [3.05, 3.63) is 39.7 Å². The summed E-state index contributed by atoms with van der Waals surface area (Å²) in [6, 6.07) is 2.83. The molecule has 1 aromatic rings. The van der Waals surface area contributed by atoms with Crippen LogP contribution in [0, 0.1) is 15.9 Å². The third-order valence-corrected chi connectivity index (χ3v) is 2.90. The molecule has 2 rings (SSSR count). The Kier molecular flexibility index (Phi) is 3.24. The zero-order chi connectivity index (χ0) is 13.3. The number of hydrogen-bond donors (Lipinski definition) is 1. The summed E-state index contributed by atoms with van der Waals surface area (Å²) in [6.07, 6.45) is 0.667. The SMILES string of the molecule is N[C@H]1CCN(C(=O)c2ccc(F)cc2[N+](=O)[O-])C1. The van der Waals surface area contributed by atoms with Gasteiger partial charge in [-0.3, -0.25) is 14.9 Å². The number of likely N-dealkylation sites (tertiary alicyclic amines) is 1. The molecule has 2 N–H and O–H groups in total. The van der Waals surface area contributed by atoms with Crippen LogP contribution in [0.1, 0.15) is 16.8 Å². The van der Waals surface area contributed by atoms with Gasteiger partial charge in [0.15, 0.2) is 0 Å². The molecule has 7 heteroatoms. The lowest BCUT2D eigenvalue weighted by molar-refractivity contribution is -0.385. The van der Waals surface area contributed by atoms with Crippen LogP contribution in [0.25, 0.3) is 0 Å². The first kappa shape index (κ1) is 12.4. The Morgan fingerprint density at radius 3 is 2.83 bits per heavy atom. The Morgan fingerprint density at radius 2 is 2.28 bits per heavy atom. The van der Waals surface area contributed by atoms with Crippen molar-refractivity contribution in [3.8, 4) is 0 Å². The Balaban J connectivity index is 2.33. The number of amides is 1. The molecule has 0 spiro atoms. The maximum atomic E-state index is 13.0. The van der Waals surface area contributed by atoms with Gasteiger partial charge in [0.1, 0.15) is 11.4 Å². The number of nitrogens with zero attached hydrogens (tertiary/aromatic N) is 2. The van der Waals surface area contributed by atoms with Crippen molar-refractivity contribution in [3.63, 3.8) is 0 Å². The molecule has 0 radical (unpaired) electrons. The standard InChI is InChI=1S/C11H12FN3O3/c12-7-1-2-9(10(5-7)15(17)18)11(16)14-4-3-8(13)6-14/h1-2,5,8H,3-4,6,13H2/t8-/m0/s1. The van der Waals surface area contributed by atoms with Gasteiger partial charge in [-0.2, -0.15) is 0 Å². The molecule has 6 nitrogen and oxygen atoms in total. The fourth-order valence-corrected chi connectivity index (χ4v) is 1.98. The molecule has 1 fully saturated rings. The van der Waals surface area contributed by atoms with Gasteiger partial charge in [-0.1, -0.05) is 0 Å². The summed E-state index contributed by atoms with van der Waals surface area (Å²) in [7, 11) is 0. The number of benzene rings is 1. The summed E-state index contributed by atoms with van der Waals surface area (Å²) in [6.45, 7) is 0.835. The van der Waals surface area contributed by atoms with E-state index in [1.54, 1.807) is 0 Å². The Bertz CT molecular complexity index is 506. The molecule has 1 heterocycles. The summed E-state index contributed by atoms with van der Waals surface area (Å²) < 4.78 is 13.0. The first-order valence-corrected chi connectivity index (χ1v) is 5.48. The monoisotopic (exact) mass is 253 g/mol. The van der Waals surface area contributed by atoms with Crippen molar-refractivity contribution in [1.82, 2.24) is 4.90 Å². The number of halogens is 1. The summed E-state index contributed by atoms with van der Waals surface area (Å²) in [5.74, 6) is -1.22. The van der Waals surface area contributed by atoms with E-state index in [2.05, 4.69) is 0 Å². The average molecular weight is 253 g/mol. The fourth-order valence-electron chi connectivity index (χ4n) is 1.98. The minimum absolute atomic E-state index is 0.101. The fraction of sp³-hybridized carbons (Fsp3) is 0.364. The Morgan fingerprint density at radius 1 is 1.56 bits per heavy atom. The molecule has 0 saturated carbocycles. The second kappa shape index (κ2) is 4.69. The van der Waals surface area contributed by atoms with Crippen molar-refractivity contribution in [2.24, 2.45) is 5.73 Å². The van der Waals surface area contributed by atoms with E-state index in [1.807, 2.05) is 0 Å². The highest BCUT2D eigenvalue weighted by Gasteiger charge is 2.29. The van der Waals surface area contributed by atoms with E-state index in [-0.39, 0.29) is 11.6 Å². The summed E-state index contributed by atoms with van der Waals surface area (Å²) in [5, 5.41) is 10.8. The predicted octanol–water partition coefficient (Wildman–Crippen LogP) is 0.907. The Hall–Kier alpha value is -2.02. The number of rotatable bonds is 2. The van der Waals surface area contributed by atoms with Crippen LogP contribution >= 0.6 is 0 Å². The van der Waals surface area contributed by atoms with Crippen LogP contribution < -0.4 is 5.73 Å². The highest BCUT2D eigenvalue weighted by atomic mass is 19.1. The topological polar surface area (TPSA) is 89.5 Å². The van der Waals surface area contributed by atoms with E-state index in [9.17, 15) is 19.3 Å². The molecule has 1 aliphatic heterocycles. The first-order chi connectivity index (χ1) is 8.49. The molecule has 96 valence electrons. The number of nitro groups is 1. The number of hydrogen-bond acceptors (Lipinski definition) is 4. The van der Waals surface area contributed by atoms with Crippen LogP contribution in [0.3, 0.4) is 0 Å². The van der Waals surface area contributed by atoms with E-state index in [0.717, 1.165) is 18.2 Å². The first-order valence-electron chi connectivity index (χ1n) is 5.48. The lowest BCUT2D eigenvalue weighted by Crippen LogP contribution is -2.32. The molecule has 1 aromatic carbocycles. The zero-order valence-corrected chi connectivity index (χ0v) is 9.51. The minimum atomic E-state index is -0.758. The van der Waals surface area contributed by atoms with Gasteiger partial charge in [-0.15, -0.1) is 0 Å². The lowest BCUT2D eigenvalue weighted by atomic mass is 10.1. The number of carbonyl (C=O) groups excluding carboxylic acids is 1. The highest BCUT2D eigenvalue weighted by molar-refractivity contribution is 5.98. The van der Waals surface area contributed by atoms with Gasteiger partial charge in [0.05, 0.1) is 11.0 Å². The quantitative estimate of drug-likeness (QED) is 0.626. The van der Waals surface area contributed by atoms with Crippen LogP contribution in [0.5, 0.6) is 0 Å². The van der Waals surface area contributed by atoms with Crippen LogP contribution in [-0.2, 0) is 0 Å². The molecule has 0 bridgehead atoms. The smallest absolute Gasteiger partial charge is 0.285 e. The van der Waals surface area contributed by atoms with E-state index >= 15 is 0 Å². The number of nitro benzene ring substituents is 1. The maximum Gasteiger partial charge on any atom is 0.285 e. The van der Waals surface area contributed by atoms with Gasteiger partial charge < -0.3 is 10.6 Å². The van der Waals surface area contributed by atoms with Gasteiger partial charge >= 0.3 is 0 Å². The second-order valence-electron chi connectivity index (χ2n) is 4.22. The molecular weight excluding hydrogens is 241 g/mol. The number of carbonyl (C=O) groups is 1. The van der Waals surface area contributed by atoms with Gasteiger partial charge in [0, 0.05) is 19.1 Å². The lowest BCUT2D eigenvalue weighted by Gasteiger charge is -2.15. The third-order valence-electron chi connectivity index (χ3n) is 2.90. The van der Waals surface area contributed by atoms with Gasteiger partial charge in [0.25, 0.3) is 11.6 Å². The normalized spacial score (nSPS) is 19.0.